The number of nitrogens with zero attached hydrogens (tertiary/aromatic N) is 1. The molecular formula is C13H20ClN3. The molecule has 17 heavy (non-hydrogen) atoms. The van der Waals surface area contributed by atoms with E-state index in [2.05, 4.69) is 25.7 Å². The summed E-state index contributed by atoms with van der Waals surface area (Å²) in [6.07, 6.45) is 0.993. The van der Waals surface area contributed by atoms with E-state index in [1.807, 2.05) is 13.1 Å². The fourth-order valence-electron chi connectivity index (χ4n) is 1.57. The van der Waals surface area contributed by atoms with Crippen LogP contribution in [0.3, 0.4) is 0 Å². The molecule has 1 aromatic rings. The van der Waals surface area contributed by atoms with Crippen molar-refractivity contribution in [1.82, 2.24) is 0 Å². The molecule has 0 aliphatic carbocycles. The Morgan fingerprint density at radius 1 is 1.47 bits per heavy atom. The number of hydrogen-bond acceptors (Lipinski definition) is 2. The zero-order valence-electron chi connectivity index (χ0n) is 10.8. The van der Waals surface area contributed by atoms with E-state index in [4.69, 9.17) is 22.7 Å². The van der Waals surface area contributed by atoms with Crippen LogP contribution in [-0.4, -0.2) is 18.4 Å². The second-order valence-corrected chi connectivity index (χ2v) is 5.24. The number of anilines is 1. The van der Waals surface area contributed by atoms with Gasteiger partial charge in [0.05, 0.1) is 0 Å². The maximum atomic E-state index is 7.61. The van der Waals surface area contributed by atoms with E-state index in [0.717, 1.165) is 17.7 Å². The first kappa shape index (κ1) is 13.8. The second-order valence-electron chi connectivity index (χ2n) is 4.80. The Balaban J connectivity index is 3.29. The quantitative estimate of drug-likeness (QED) is 0.639. The lowest BCUT2D eigenvalue weighted by molar-refractivity contribution is 0.470. The predicted octanol–water partition coefficient (Wildman–Crippen LogP) is 3.25. The van der Waals surface area contributed by atoms with Crippen molar-refractivity contribution >= 4 is 23.1 Å². The van der Waals surface area contributed by atoms with Gasteiger partial charge in [-0.15, -0.1) is 0 Å². The normalized spacial score (nSPS) is 11.4. The summed E-state index contributed by atoms with van der Waals surface area (Å²) in [5.74, 6) is 0.0652. The number of halogens is 1. The summed E-state index contributed by atoms with van der Waals surface area (Å²) in [6.45, 7) is 6.43. The monoisotopic (exact) mass is 253 g/mol. The third kappa shape index (κ3) is 2.91. The average molecular weight is 254 g/mol. The Bertz CT molecular complexity index is 427. The van der Waals surface area contributed by atoms with Crippen LogP contribution in [0.25, 0.3) is 0 Å². The van der Waals surface area contributed by atoms with Gasteiger partial charge >= 0.3 is 0 Å². The van der Waals surface area contributed by atoms with Crippen LogP contribution in [0.1, 0.15) is 32.8 Å². The van der Waals surface area contributed by atoms with Gasteiger partial charge in [-0.25, -0.2) is 0 Å². The van der Waals surface area contributed by atoms with Crippen LogP contribution in [0.2, 0.25) is 5.02 Å². The molecule has 1 rings (SSSR count). The first-order valence-corrected chi connectivity index (χ1v) is 6.05. The summed E-state index contributed by atoms with van der Waals surface area (Å²) >= 11 is 6.02. The minimum absolute atomic E-state index is 0.00508. The Kier molecular flexibility index (Phi) is 4.04. The van der Waals surface area contributed by atoms with Crippen LogP contribution in [-0.2, 0) is 0 Å². The smallest absolute Gasteiger partial charge is 0.124 e. The van der Waals surface area contributed by atoms with E-state index in [-0.39, 0.29) is 11.4 Å². The lowest BCUT2D eigenvalue weighted by Gasteiger charge is -2.38. The van der Waals surface area contributed by atoms with Gasteiger partial charge in [0.15, 0.2) is 0 Å². The third-order valence-electron chi connectivity index (χ3n) is 3.38. The largest absolute Gasteiger partial charge is 0.384 e. The van der Waals surface area contributed by atoms with Gasteiger partial charge in [0, 0.05) is 28.9 Å². The van der Waals surface area contributed by atoms with Crippen LogP contribution in [0, 0.1) is 5.41 Å². The molecule has 0 amide bonds. The average Bonchev–Trinajstić information content (AvgIpc) is 2.27. The van der Waals surface area contributed by atoms with Crippen molar-refractivity contribution in [1.29, 1.82) is 5.41 Å². The van der Waals surface area contributed by atoms with Crippen LogP contribution in [0.5, 0.6) is 0 Å². The van der Waals surface area contributed by atoms with E-state index >= 15 is 0 Å². The van der Waals surface area contributed by atoms with Gasteiger partial charge in [0.1, 0.15) is 5.84 Å². The number of hydrogen-bond donors (Lipinski definition) is 2. The summed E-state index contributed by atoms with van der Waals surface area (Å²) in [4.78, 5) is 2.12. The van der Waals surface area contributed by atoms with Crippen molar-refractivity contribution in [3.8, 4) is 0 Å². The highest BCUT2D eigenvalue weighted by Gasteiger charge is 2.24. The van der Waals surface area contributed by atoms with Gasteiger partial charge in [-0.05, 0) is 38.5 Å². The van der Waals surface area contributed by atoms with E-state index in [9.17, 15) is 0 Å². The molecule has 0 bridgehead atoms. The lowest BCUT2D eigenvalue weighted by atomic mass is 9.98. The van der Waals surface area contributed by atoms with Crippen LogP contribution < -0.4 is 10.6 Å². The van der Waals surface area contributed by atoms with Gasteiger partial charge in [-0.3, -0.25) is 5.41 Å². The molecule has 0 aliphatic rings. The maximum Gasteiger partial charge on any atom is 0.124 e. The summed E-state index contributed by atoms with van der Waals surface area (Å²) in [7, 11) is 2.00. The fourth-order valence-corrected chi connectivity index (χ4v) is 1.74. The number of nitrogen functional groups attached to an aromatic ring is 1. The number of nitrogens with one attached hydrogen (secondary N) is 1. The number of nitrogens with two attached hydrogens (primary N) is 1. The van der Waals surface area contributed by atoms with Crippen LogP contribution in [0.4, 0.5) is 5.69 Å². The number of amidine groups is 1. The predicted molar refractivity (Wildman–Crippen MR) is 75.2 cm³/mol. The summed E-state index contributed by atoms with van der Waals surface area (Å²) in [5.41, 5.74) is 7.22. The Hall–Kier alpha value is -1.22. The lowest BCUT2D eigenvalue weighted by Crippen LogP contribution is -2.41. The van der Waals surface area contributed by atoms with Crippen LogP contribution in [0.15, 0.2) is 18.2 Å². The zero-order valence-corrected chi connectivity index (χ0v) is 11.6. The maximum absolute atomic E-state index is 7.61. The standard InChI is InChI=1S/C13H20ClN3/c1-5-13(2,3)17(4)11-8-9(14)6-7-10(11)12(15)16/h6-8H,5H2,1-4H3,(H3,15,16). The topological polar surface area (TPSA) is 53.1 Å². The molecular weight excluding hydrogens is 234 g/mol. The van der Waals surface area contributed by atoms with Crippen molar-refractivity contribution in [2.75, 3.05) is 11.9 Å². The van der Waals surface area contributed by atoms with Gasteiger partial charge in [-0.1, -0.05) is 18.5 Å². The first-order valence-electron chi connectivity index (χ1n) is 5.67. The Morgan fingerprint density at radius 3 is 2.53 bits per heavy atom. The van der Waals surface area contributed by atoms with E-state index in [1.54, 1.807) is 12.1 Å². The molecule has 3 nitrogen and oxygen atoms in total. The van der Waals surface area contributed by atoms with E-state index in [0.29, 0.717) is 5.02 Å². The molecule has 0 fully saturated rings. The fraction of sp³-hybridized carbons (Fsp3) is 0.462. The van der Waals surface area contributed by atoms with Gasteiger partial charge in [0.2, 0.25) is 0 Å². The van der Waals surface area contributed by atoms with Crippen molar-refractivity contribution in [2.45, 2.75) is 32.7 Å². The highest BCUT2D eigenvalue weighted by Crippen LogP contribution is 2.30. The Labute approximate surface area is 108 Å². The minimum atomic E-state index is -0.00508. The number of rotatable bonds is 4. The summed E-state index contributed by atoms with van der Waals surface area (Å²) < 4.78 is 0. The SMILES string of the molecule is CCC(C)(C)N(C)c1cc(Cl)ccc1C(=N)N. The molecule has 0 radical (unpaired) electrons. The highest BCUT2D eigenvalue weighted by molar-refractivity contribution is 6.31. The minimum Gasteiger partial charge on any atom is -0.384 e. The molecule has 0 aliphatic heterocycles. The van der Waals surface area contributed by atoms with Crippen molar-refractivity contribution in [3.63, 3.8) is 0 Å². The second kappa shape index (κ2) is 4.96. The van der Waals surface area contributed by atoms with Gasteiger partial charge in [-0.2, -0.15) is 0 Å². The van der Waals surface area contributed by atoms with E-state index in [1.165, 1.54) is 0 Å². The molecule has 0 heterocycles. The molecule has 0 atom stereocenters. The van der Waals surface area contributed by atoms with Crippen molar-refractivity contribution in [3.05, 3.63) is 28.8 Å². The van der Waals surface area contributed by atoms with E-state index < -0.39 is 0 Å². The zero-order chi connectivity index (χ0) is 13.2. The third-order valence-corrected chi connectivity index (χ3v) is 3.62. The summed E-state index contributed by atoms with van der Waals surface area (Å²) in [6, 6.07) is 5.41. The first-order chi connectivity index (χ1) is 7.79. The molecule has 4 heteroatoms. The van der Waals surface area contributed by atoms with Gasteiger partial charge in [0.25, 0.3) is 0 Å². The molecule has 0 saturated carbocycles. The highest BCUT2D eigenvalue weighted by atomic mass is 35.5. The summed E-state index contributed by atoms with van der Waals surface area (Å²) in [5, 5.41) is 8.27. The van der Waals surface area contributed by atoms with Gasteiger partial charge < -0.3 is 10.6 Å². The molecule has 0 aromatic heterocycles. The van der Waals surface area contributed by atoms with Crippen LogP contribution >= 0.6 is 11.6 Å². The number of benzene rings is 1. The van der Waals surface area contributed by atoms with Crippen molar-refractivity contribution < 1.29 is 0 Å². The molecule has 3 N–H and O–H groups in total. The molecule has 0 spiro atoms. The molecule has 1 aromatic carbocycles. The molecule has 0 saturated heterocycles. The Morgan fingerprint density at radius 2 is 2.06 bits per heavy atom. The molecule has 0 unspecified atom stereocenters. The molecule has 94 valence electrons. The van der Waals surface area contributed by atoms with Crippen molar-refractivity contribution in [2.24, 2.45) is 5.73 Å².